The van der Waals surface area contributed by atoms with Gasteiger partial charge in [0.2, 0.25) is 0 Å². The maximum Gasteiger partial charge on any atom is 0.178 e. The SMILES string of the molecule is CC1CN(c2ccc3nnc(C4CC4)n3n2)CCS1(=O)=O. The summed E-state index contributed by atoms with van der Waals surface area (Å²) < 4.78 is 25.4. The summed E-state index contributed by atoms with van der Waals surface area (Å²) in [5.41, 5.74) is 0.748. The van der Waals surface area contributed by atoms with Crippen molar-refractivity contribution in [3.05, 3.63) is 18.0 Å². The molecule has 7 nitrogen and oxygen atoms in total. The summed E-state index contributed by atoms with van der Waals surface area (Å²) in [6.45, 7) is 2.74. The summed E-state index contributed by atoms with van der Waals surface area (Å²) in [6.07, 6.45) is 2.29. The van der Waals surface area contributed by atoms with E-state index in [4.69, 9.17) is 0 Å². The number of aromatic nitrogens is 4. The predicted octanol–water partition coefficient (Wildman–Crippen LogP) is 0.625. The highest BCUT2D eigenvalue weighted by atomic mass is 32.2. The number of fused-ring (bicyclic) bond motifs is 1. The van der Waals surface area contributed by atoms with Gasteiger partial charge in [0.15, 0.2) is 21.3 Å². The normalized spacial score (nSPS) is 25.4. The van der Waals surface area contributed by atoms with E-state index < -0.39 is 9.84 Å². The van der Waals surface area contributed by atoms with Crippen LogP contribution in [0, 0.1) is 0 Å². The first-order chi connectivity index (χ1) is 10.0. The number of hydrogen-bond acceptors (Lipinski definition) is 6. The molecule has 0 aromatic carbocycles. The van der Waals surface area contributed by atoms with Crippen molar-refractivity contribution in [3.63, 3.8) is 0 Å². The third-order valence-electron chi connectivity index (χ3n) is 4.28. The van der Waals surface area contributed by atoms with Crippen LogP contribution in [0.5, 0.6) is 0 Å². The van der Waals surface area contributed by atoms with E-state index >= 15 is 0 Å². The highest BCUT2D eigenvalue weighted by Gasteiger charge is 2.32. The van der Waals surface area contributed by atoms with Crippen LogP contribution in [0.1, 0.15) is 31.5 Å². The van der Waals surface area contributed by atoms with Crippen LogP contribution >= 0.6 is 0 Å². The summed E-state index contributed by atoms with van der Waals surface area (Å²) in [6, 6.07) is 3.79. The Kier molecular flexibility index (Phi) is 2.72. The van der Waals surface area contributed by atoms with Crippen LogP contribution < -0.4 is 4.90 Å². The molecule has 2 fully saturated rings. The Balaban J connectivity index is 1.69. The van der Waals surface area contributed by atoms with Gasteiger partial charge in [-0.25, -0.2) is 8.42 Å². The van der Waals surface area contributed by atoms with Gasteiger partial charge in [0.05, 0.1) is 11.0 Å². The van der Waals surface area contributed by atoms with Gasteiger partial charge in [-0.3, -0.25) is 0 Å². The Labute approximate surface area is 122 Å². The summed E-state index contributed by atoms with van der Waals surface area (Å²) in [5.74, 6) is 2.38. The monoisotopic (exact) mass is 307 g/mol. The lowest BCUT2D eigenvalue weighted by Crippen LogP contribution is -2.46. The molecule has 21 heavy (non-hydrogen) atoms. The number of rotatable bonds is 2. The first kappa shape index (κ1) is 13.0. The maximum absolute atomic E-state index is 11.8. The molecule has 2 aromatic heterocycles. The lowest BCUT2D eigenvalue weighted by Gasteiger charge is -2.31. The van der Waals surface area contributed by atoms with Crippen LogP contribution in [0.3, 0.4) is 0 Å². The van der Waals surface area contributed by atoms with Crippen molar-refractivity contribution in [3.8, 4) is 0 Å². The average molecular weight is 307 g/mol. The van der Waals surface area contributed by atoms with Gasteiger partial charge >= 0.3 is 0 Å². The summed E-state index contributed by atoms with van der Waals surface area (Å²) in [5, 5.41) is 12.6. The van der Waals surface area contributed by atoms with Crippen molar-refractivity contribution in [2.45, 2.75) is 30.9 Å². The molecule has 0 spiro atoms. The fraction of sp³-hybridized carbons (Fsp3) is 0.615. The zero-order valence-electron chi connectivity index (χ0n) is 11.8. The Bertz CT molecular complexity index is 796. The number of anilines is 1. The van der Waals surface area contributed by atoms with E-state index in [1.54, 1.807) is 11.4 Å². The summed E-state index contributed by atoms with van der Waals surface area (Å²) >= 11 is 0. The van der Waals surface area contributed by atoms with Gasteiger partial charge in [0, 0.05) is 19.0 Å². The zero-order chi connectivity index (χ0) is 14.6. The third kappa shape index (κ3) is 2.17. The molecule has 2 aromatic rings. The van der Waals surface area contributed by atoms with Crippen molar-refractivity contribution in [1.29, 1.82) is 0 Å². The molecule has 4 rings (SSSR count). The number of hydrogen-bond donors (Lipinski definition) is 0. The second kappa shape index (κ2) is 4.40. The molecule has 1 aliphatic carbocycles. The van der Waals surface area contributed by atoms with E-state index in [0.29, 0.717) is 19.0 Å². The zero-order valence-corrected chi connectivity index (χ0v) is 12.6. The molecule has 1 atom stereocenters. The minimum atomic E-state index is -2.95. The average Bonchev–Trinajstić information content (AvgIpc) is 3.21. The molecular weight excluding hydrogens is 290 g/mol. The topological polar surface area (TPSA) is 80.5 Å². The molecule has 0 bridgehead atoms. The molecule has 8 heteroatoms. The quantitative estimate of drug-likeness (QED) is 0.809. The third-order valence-corrected chi connectivity index (χ3v) is 6.40. The molecule has 0 radical (unpaired) electrons. The Morgan fingerprint density at radius 3 is 2.76 bits per heavy atom. The molecule has 1 aliphatic heterocycles. The fourth-order valence-electron chi connectivity index (χ4n) is 2.72. The van der Waals surface area contributed by atoms with E-state index in [9.17, 15) is 8.42 Å². The van der Waals surface area contributed by atoms with E-state index in [1.807, 2.05) is 17.0 Å². The van der Waals surface area contributed by atoms with Crippen LogP contribution in [0.2, 0.25) is 0 Å². The van der Waals surface area contributed by atoms with Crippen LogP contribution in [-0.4, -0.2) is 52.3 Å². The molecule has 1 saturated heterocycles. The largest absolute Gasteiger partial charge is 0.353 e. The number of nitrogens with zero attached hydrogens (tertiary/aromatic N) is 5. The van der Waals surface area contributed by atoms with Crippen LogP contribution in [-0.2, 0) is 9.84 Å². The Morgan fingerprint density at radius 1 is 1.24 bits per heavy atom. The van der Waals surface area contributed by atoms with Crippen LogP contribution in [0.4, 0.5) is 5.82 Å². The highest BCUT2D eigenvalue weighted by molar-refractivity contribution is 7.92. The van der Waals surface area contributed by atoms with E-state index in [1.165, 1.54) is 0 Å². The standard InChI is InChI=1S/C13H17N5O2S/c1-9-8-17(6-7-21(9,19)20)12-5-4-11-14-15-13(10-2-3-10)18(11)16-12/h4-5,9-10H,2-3,6-8H2,1H3. The minimum Gasteiger partial charge on any atom is -0.353 e. The van der Waals surface area contributed by atoms with E-state index in [0.717, 1.165) is 30.1 Å². The molecule has 3 heterocycles. The van der Waals surface area contributed by atoms with Gasteiger partial charge < -0.3 is 4.90 Å². The second-order valence-corrected chi connectivity index (χ2v) is 8.46. The van der Waals surface area contributed by atoms with Crippen molar-refractivity contribution in [1.82, 2.24) is 19.8 Å². The lowest BCUT2D eigenvalue weighted by molar-refractivity contribution is 0.567. The van der Waals surface area contributed by atoms with Gasteiger partial charge in [-0.05, 0) is 31.9 Å². The van der Waals surface area contributed by atoms with E-state index in [2.05, 4.69) is 15.3 Å². The smallest absolute Gasteiger partial charge is 0.178 e. The first-order valence-corrected chi connectivity index (χ1v) is 8.95. The predicted molar refractivity (Wildman–Crippen MR) is 78.2 cm³/mol. The van der Waals surface area contributed by atoms with Crippen LogP contribution in [0.15, 0.2) is 12.1 Å². The van der Waals surface area contributed by atoms with E-state index in [-0.39, 0.29) is 11.0 Å². The lowest BCUT2D eigenvalue weighted by atomic mass is 10.3. The summed E-state index contributed by atoms with van der Waals surface area (Å²) in [4.78, 5) is 2.03. The van der Waals surface area contributed by atoms with Gasteiger partial charge in [-0.1, -0.05) is 0 Å². The Hall–Kier alpha value is -1.70. The first-order valence-electron chi connectivity index (χ1n) is 7.23. The molecule has 0 amide bonds. The molecule has 2 aliphatic rings. The summed E-state index contributed by atoms with van der Waals surface area (Å²) in [7, 11) is -2.95. The molecular formula is C13H17N5O2S. The molecule has 1 unspecified atom stereocenters. The highest BCUT2D eigenvalue weighted by Crippen LogP contribution is 2.38. The van der Waals surface area contributed by atoms with Gasteiger partial charge in [-0.2, -0.15) is 4.52 Å². The minimum absolute atomic E-state index is 0.186. The Morgan fingerprint density at radius 2 is 2.05 bits per heavy atom. The van der Waals surface area contributed by atoms with Crippen LogP contribution in [0.25, 0.3) is 5.65 Å². The second-order valence-electron chi connectivity index (χ2n) is 5.92. The number of sulfone groups is 1. The maximum atomic E-state index is 11.8. The van der Waals surface area contributed by atoms with Crippen molar-refractivity contribution >= 4 is 21.3 Å². The van der Waals surface area contributed by atoms with Gasteiger partial charge in [0.25, 0.3) is 0 Å². The van der Waals surface area contributed by atoms with Gasteiger partial charge in [-0.15, -0.1) is 15.3 Å². The van der Waals surface area contributed by atoms with Crippen molar-refractivity contribution < 1.29 is 8.42 Å². The fourth-order valence-corrected chi connectivity index (χ4v) is 4.01. The molecule has 0 N–H and O–H groups in total. The van der Waals surface area contributed by atoms with Crippen molar-refractivity contribution in [2.24, 2.45) is 0 Å². The molecule has 1 saturated carbocycles. The van der Waals surface area contributed by atoms with Gasteiger partial charge in [0.1, 0.15) is 5.82 Å². The van der Waals surface area contributed by atoms with Crippen molar-refractivity contribution in [2.75, 3.05) is 23.7 Å². The molecule has 112 valence electrons.